The maximum absolute atomic E-state index is 11.5. The predicted molar refractivity (Wildman–Crippen MR) is 68.4 cm³/mol. The maximum atomic E-state index is 11.5. The van der Waals surface area contributed by atoms with E-state index in [0.29, 0.717) is 13.0 Å². The molecule has 0 aromatic carbocycles. The summed E-state index contributed by atoms with van der Waals surface area (Å²) in [7, 11) is 0. The van der Waals surface area contributed by atoms with Gasteiger partial charge in [0.05, 0.1) is 6.54 Å². The van der Waals surface area contributed by atoms with Crippen molar-refractivity contribution in [2.75, 3.05) is 13.1 Å². The van der Waals surface area contributed by atoms with Crippen LogP contribution in [0.2, 0.25) is 0 Å². The van der Waals surface area contributed by atoms with Crippen molar-refractivity contribution in [2.45, 2.75) is 52.0 Å². The largest absolute Gasteiger partial charge is 0.370 e. The third-order valence-corrected chi connectivity index (χ3v) is 2.67. The van der Waals surface area contributed by atoms with E-state index in [1.54, 1.807) is 0 Å². The van der Waals surface area contributed by atoms with Crippen LogP contribution in [-0.4, -0.2) is 30.4 Å². The van der Waals surface area contributed by atoms with Gasteiger partial charge in [0.15, 0.2) is 0 Å². The number of rotatable bonds is 9. The second-order valence-corrected chi connectivity index (χ2v) is 4.89. The summed E-state index contributed by atoms with van der Waals surface area (Å²) in [5, 5.41) is 5.98. The van der Waals surface area contributed by atoms with Crippen molar-refractivity contribution in [1.82, 2.24) is 10.6 Å². The van der Waals surface area contributed by atoms with Gasteiger partial charge in [-0.1, -0.05) is 6.92 Å². The van der Waals surface area contributed by atoms with Crippen molar-refractivity contribution < 1.29 is 9.59 Å². The Morgan fingerprint density at radius 1 is 1.24 bits per heavy atom. The standard InChI is InChI=1S/C12H25N3O2/c1-4-12(2,3)15-11(17)9-14-8-6-5-7-10(13)16/h14H,4-9H2,1-3H3,(H2,13,16)(H,15,17). The SMILES string of the molecule is CCC(C)(C)NC(=O)CNCCCCC(N)=O. The first-order chi connectivity index (χ1) is 7.87. The van der Waals surface area contributed by atoms with Crippen LogP contribution in [0.3, 0.4) is 0 Å². The molecule has 0 fully saturated rings. The summed E-state index contributed by atoms with van der Waals surface area (Å²) >= 11 is 0. The van der Waals surface area contributed by atoms with Crippen molar-refractivity contribution in [1.29, 1.82) is 0 Å². The van der Waals surface area contributed by atoms with Crippen molar-refractivity contribution >= 4 is 11.8 Å². The van der Waals surface area contributed by atoms with Gasteiger partial charge in [0.1, 0.15) is 0 Å². The van der Waals surface area contributed by atoms with E-state index in [-0.39, 0.29) is 17.4 Å². The van der Waals surface area contributed by atoms with Gasteiger partial charge in [-0.3, -0.25) is 9.59 Å². The third-order valence-electron chi connectivity index (χ3n) is 2.67. The Labute approximate surface area is 104 Å². The van der Waals surface area contributed by atoms with E-state index in [1.807, 2.05) is 20.8 Å². The van der Waals surface area contributed by atoms with E-state index in [9.17, 15) is 9.59 Å². The van der Waals surface area contributed by atoms with Gasteiger partial charge in [0.2, 0.25) is 11.8 Å². The van der Waals surface area contributed by atoms with E-state index in [2.05, 4.69) is 10.6 Å². The van der Waals surface area contributed by atoms with Crippen molar-refractivity contribution in [3.63, 3.8) is 0 Å². The minimum Gasteiger partial charge on any atom is -0.370 e. The van der Waals surface area contributed by atoms with Crippen LogP contribution in [0.1, 0.15) is 46.5 Å². The van der Waals surface area contributed by atoms with Gasteiger partial charge in [0.25, 0.3) is 0 Å². The van der Waals surface area contributed by atoms with Gasteiger partial charge in [-0.05, 0) is 39.7 Å². The van der Waals surface area contributed by atoms with Gasteiger partial charge in [-0.25, -0.2) is 0 Å². The summed E-state index contributed by atoms with van der Waals surface area (Å²) in [6.45, 7) is 7.08. The normalized spacial score (nSPS) is 11.2. The van der Waals surface area contributed by atoms with Crippen molar-refractivity contribution in [3.05, 3.63) is 0 Å². The molecule has 0 saturated heterocycles. The number of unbranched alkanes of at least 4 members (excludes halogenated alkanes) is 1. The highest BCUT2D eigenvalue weighted by Gasteiger charge is 2.16. The molecule has 0 aliphatic heterocycles. The van der Waals surface area contributed by atoms with Crippen LogP contribution < -0.4 is 16.4 Å². The predicted octanol–water partition coefficient (Wildman–Crippen LogP) is 0.536. The summed E-state index contributed by atoms with van der Waals surface area (Å²) in [5.41, 5.74) is 4.87. The molecular weight excluding hydrogens is 218 g/mol. The third kappa shape index (κ3) is 9.81. The molecule has 0 aliphatic rings. The number of carbonyl (C=O) groups excluding carboxylic acids is 2. The number of hydrogen-bond acceptors (Lipinski definition) is 3. The Bertz CT molecular complexity index is 252. The first kappa shape index (κ1) is 15.9. The molecule has 0 atom stereocenters. The lowest BCUT2D eigenvalue weighted by Gasteiger charge is -2.24. The van der Waals surface area contributed by atoms with E-state index >= 15 is 0 Å². The van der Waals surface area contributed by atoms with E-state index in [1.165, 1.54) is 0 Å². The van der Waals surface area contributed by atoms with Crippen molar-refractivity contribution in [3.8, 4) is 0 Å². The van der Waals surface area contributed by atoms with Crippen LogP contribution in [0.25, 0.3) is 0 Å². The smallest absolute Gasteiger partial charge is 0.234 e. The van der Waals surface area contributed by atoms with Crippen LogP contribution in [0.5, 0.6) is 0 Å². The molecule has 0 saturated carbocycles. The lowest BCUT2D eigenvalue weighted by atomic mass is 10.0. The maximum Gasteiger partial charge on any atom is 0.234 e. The lowest BCUT2D eigenvalue weighted by Crippen LogP contribution is -2.46. The molecule has 0 unspecified atom stereocenters. The molecule has 17 heavy (non-hydrogen) atoms. The van der Waals surface area contributed by atoms with Gasteiger partial charge < -0.3 is 16.4 Å². The van der Waals surface area contributed by atoms with Crippen LogP contribution in [0.4, 0.5) is 0 Å². The second kappa shape index (κ2) is 8.06. The Morgan fingerprint density at radius 2 is 1.88 bits per heavy atom. The summed E-state index contributed by atoms with van der Waals surface area (Å²) in [6, 6.07) is 0. The molecule has 0 heterocycles. The van der Waals surface area contributed by atoms with Gasteiger partial charge in [0, 0.05) is 12.0 Å². The Kier molecular flexibility index (Phi) is 7.54. The summed E-state index contributed by atoms with van der Waals surface area (Å²) < 4.78 is 0. The molecule has 5 nitrogen and oxygen atoms in total. The van der Waals surface area contributed by atoms with Gasteiger partial charge in [-0.2, -0.15) is 0 Å². The molecule has 0 bridgehead atoms. The Balaban J connectivity index is 3.49. The molecule has 0 radical (unpaired) electrons. The minimum atomic E-state index is -0.271. The molecular formula is C12H25N3O2. The zero-order valence-electron chi connectivity index (χ0n) is 11.1. The summed E-state index contributed by atoms with van der Waals surface area (Å²) in [4.78, 5) is 22.0. The number of nitrogens with two attached hydrogens (primary N) is 1. The molecule has 0 spiro atoms. The number of carbonyl (C=O) groups is 2. The van der Waals surface area contributed by atoms with Crippen molar-refractivity contribution in [2.24, 2.45) is 5.73 Å². The van der Waals surface area contributed by atoms with Crippen LogP contribution in [-0.2, 0) is 9.59 Å². The number of nitrogens with one attached hydrogen (secondary N) is 2. The highest BCUT2D eigenvalue weighted by atomic mass is 16.2. The zero-order valence-corrected chi connectivity index (χ0v) is 11.1. The number of hydrogen-bond donors (Lipinski definition) is 3. The topological polar surface area (TPSA) is 84.2 Å². The molecule has 0 aromatic heterocycles. The highest BCUT2D eigenvalue weighted by molar-refractivity contribution is 5.78. The Hall–Kier alpha value is -1.10. The van der Waals surface area contributed by atoms with E-state index < -0.39 is 0 Å². The average molecular weight is 243 g/mol. The fourth-order valence-corrected chi connectivity index (χ4v) is 1.26. The lowest BCUT2D eigenvalue weighted by molar-refractivity contribution is -0.122. The first-order valence-electron chi connectivity index (χ1n) is 6.17. The quantitative estimate of drug-likeness (QED) is 0.517. The molecule has 100 valence electrons. The molecule has 0 aromatic rings. The van der Waals surface area contributed by atoms with E-state index in [0.717, 1.165) is 25.8 Å². The average Bonchev–Trinajstić information content (AvgIpc) is 2.22. The van der Waals surface area contributed by atoms with Crippen LogP contribution >= 0.6 is 0 Å². The van der Waals surface area contributed by atoms with E-state index in [4.69, 9.17) is 5.73 Å². The molecule has 5 heteroatoms. The highest BCUT2D eigenvalue weighted by Crippen LogP contribution is 2.05. The second-order valence-electron chi connectivity index (χ2n) is 4.89. The molecule has 4 N–H and O–H groups in total. The fourth-order valence-electron chi connectivity index (χ4n) is 1.26. The summed E-state index contributed by atoms with van der Waals surface area (Å²) in [6.07, 6.45) is 2.94. The minimum absolute atomic E-state index is 0.00625. The molecule has 0 aliphatic carbocycles. The first-order valence-corrected chi connectivity index (χ1v) is 6.17. The fraction of sp³-hybridized carbons (Fsp3) is 0.833. The monoisotopic (exact) mass is 243 g/mol. The Morgan fingerprint density at radius 3 is 2.41 bits per heavy atom. The summed E-state index contributed by atoms with van der Waals surface area (Å²) in [5.74, 6) is -0.265. The number of amides is 2. The van der Waals surface area contributed by atoms with Gasteiger partial charge in [-0.15, -0.1) is 0 Å². The molecule has 2 amide bonds. The number of primary amides is 1. The van der Waals surface area contributed by atoms with Crippen LogP contribution in [0, 0.1) is 0 Å². The molecule has 0 rings (SSSR count). The van der Waals surface area contributed by atoms with Gasteiger partial charge >= 0.3 is 0 Å². The van der Waals surface area contributed by atoms with Crippen LogP contribution in [0.15, 0.2) is 0 Å². The zero-order chi connectivity index (χ0) is 13.3.